The minimum absolute atomic E-state index is 0.00485. The van der Waals surface area contributed by atoms with Crippen molar-refractivity contribution in [3.05, 3.63) is 101 Å². The molecule has 3 saturated carbocycles. The van der Waals surface area contributed by atoms with Crippen LogP contribution in [0, 0.1) is 32.6 Å². The van der Waals surface area contributed by atoms with Crippen molar-refractivity contribution in [1.82, 2.24) is 10.1 Å². The van der Waals surface area contributed by atoms with Crippen LogP contribution in [0.15, 0.2) is 102 Å². The molecule has 81 heavy (non-hydrogen) atoms. The van der Waals surface area contributed by atoms with Gasteiger partial charge in [-0.2, -0.15) is 4.98 Å². The third-order valence-electron chi connectivity index (χ3n) is 16.8. The summed E-state index contributed by atoms with van der Waals surface area (Å²) in [7, 11) is -10.7. The van der Waals surface area contributed by atoms with E-state index in [0.29, 0.717) is 90.6 Å². The van der Waals surface area contributed by atoms with Crippen LogP contribution in [0.2, 0.25) is 0 Å². The predicted octanol–water partition coefficient (Wildman–Crippen LogP) is 9.35. The summed E-state index contributed by atoms with van der Waals surface area (Å²) >= 11 is 0. The van der Waals surface area contributed by atoms with Gasteiger partial charge in [0.25, 0.3) is 5.89 Å². The van der Waals surface area contributed by atoms with Gasteiger partial charge in [-0.1, -0.05) is 72.6 Å². The number of carboxylic acids is 1. The zero-order valence-corrected chi connectivity index (χ0v) is 49.6. The molecule has 20 nitrogen and oxygen atoms in total. The van der Waals surface area contributed by atoms with Gasteiger partial charge in [0.2, 0.25) is 0 Å². The summed E-state index contributed by atoms with van der Waals surface area (Å²) < 4.78 is 98.9. The molecule has 6 atom stereocenters. The Morgan fingerprint density at radius 2 is 1.05 bits per heavy atom. The minimum Gasteiger partial charge on any atom is -0.479 e. The fourth-order valence-corrected chi connectivity index (χ4v) is 17.5. The number of aromatic nitrogens is 2. The van der Waals surface area contributed by atoms with Crippen molar-refractivity contribution in [2.24, 2.45) is 27.9 Å². The van der Waals surface area contributed by atoms with Crippen LogP contribution in [0.3, 0.4) is 0 Å². The maximum absolute atomic E-state index is 13.5. The number of benzene rings is 3. The molecule has 3 aliphatic carbocycles. The van der Waals surface area contributed by atoms with E-state index >= 15 is 0 Å². The number of amidine groups is 1. The Morgan fingerprint density at radius 1 is 0.617 bits per heavy atom. The van der Waals surface area contributed by atoms with Crippen LogP contribution >= 0.6 is 0 Å². The molecule has 4 aromatic rings. The van der Waals surface area contributed by atoms with Gasteiger partial charge in [-0.05, 0) is 151 Å². The predicted molar refractivity (Wildman–Crippen MR) is 302 cm³/mol. The van der Waals surface area contributed by atoms with Crippen LogP contribution in [0.5, 0.6) is 0 Å². The van der Waals surface area contributed by atoms with E-state index < -0.39 is 68.0 Å². The Bertz CT molecular complexity index is 3270. The van der Waals surface area contributed by atoms with Crippen molar-refractivity contribution < 1.29 is 69.1 Å². The van der Waals surface area contributed by atoms with Crippen molar-refractivity contribution in [2.75, 3.05) is 19.8 Å². The SMILES string of the molecule is CCC1(S(=O)(=O)c2cccc(C)c2)CCOC(C(=O)C/C(=N\O)C2CC2)C1.CCC1(S(=O)(=O)c2cccc(C)c2)CCOC(C(=O)O)C1.CCC1(S(=O)(=O)c2cccc(C)c2)CCOC(c2nc(C3CC3)no2)C1.N/C(=N\O)C1CC1. The van der Waals surface area contributed by atoms with Crippen molar-refractivity contribution in [2.45, 2.75) is 197 Å². The normalized spacial score (nSPS) is 26.3. The zero-order valence-electron chi connectivity index (χ0n) is 47.2. The summed E-state index contributed by atoms with van der Waals surface area (Å²) in [5.74, 6) is 1.17. The highest BCUT2D eigenvalue weighted by molar-refractivity contribution is 7.93. The van der Waals surface area contributed by atoms with Gasteiger partial charge < -0.3 is 40.0 Å². The second kappa shape index (κ2) is 26.3. The quantitative estimate of drug-likeness (QED) is 0.0331. The Morgan fingerprint density at radius 3 is 1.43 bits per heavy atom. The Hall–Kier alpha value is -5.59. The van der Waals surface area contributed by atoms with E-state index in [9.17, 15) is 34.8 Å². The highest BCUT2D eigenvalue weighted by Crippen LogP contribution is 2.46. The third kappa shape index (κ3) is 14.4. The highest BCUT2D eigenvalue weighted by Gasteiger charge is 2.52. The number of carbonyl (C=O) groups is 2. The number of Topliss-reactive ketones (excluding diaryl/α,β-unsaturated/α-hetero) is 1. The summed E-state index contributed by atoms with van der Waals surface area (Å²) in [4.78, 5) is 29.3. The van der Waals surface area contributed by atoms with E-state index in [4.69, 9.17) is 40.0 Å². The number of carbonyl (C=O) groups excluding carboxylic acids is 1. The molecule has 3 saturated heterocycles. The molecule has 444 valence electrons. The Balaban J connectivity index is 0.000000166. The molecule has 4 heterocycles. The Kier molecular flexibility index (Phi) is 20.5. The second-order valence-corrected chi connectivity index (χ2v) is 29.5. The summed E-state index contributed by atoms with van der Waals surface area (Å²) in [5.41, 5.74) is 8.35. The van der Waals surface area contributed by atoms with Gasteiger partial charge in [-0.15, -0.1) is 0 Å². The summed E-state index contributed by atoms with van der Waals surface area (Å²) in [5, 5.41) is 36.4. The number of oxime groups is 2. The van der Waals surface area contributed by atoms with Crippen molar-refractivity contribution >= 4 is 52.8 Å². The van der Waals surface area contributed by atoms with Crippen LogP contribution in [-0.4, -0.2) is 120 Å². The van der Waals surface area contributed by atoms with Gasteiger partial charge >= 0.3 is 5.97 Å². The first kappa shape index (κ1) is 63.0. The first-order chi connectivity index (χ1) is 38.4. The van der Waals surface area contributed by atoms with Gasteiger partial charge in [0, 0.05) is 56.8 Å². The summed E-state index contributed by atoms with van der Waals surface area (Å²) in [6.07, 6.45) is 6.88. The van der Waals surface area contributed by atoms with E-state index in [0.717, 1.165) is 61.0 Å². The number of aryl methyl sites for hydroxylation is 3. The second-order valence-electron chi connectivity index (χ2n) is 22.4. The van der Waals surface area contributed by atoms with E-state index in [1.54, 1.807) is 61.5 Å². The smallest absolute Gasteiger partial charge is 0.332 e. The number of hydrogen-bond acceptors (Lipinski definition) is 18. The van der Waals surface area contributed by atoms with Gasteiger partial charge in [0.15, 0.2) is 47.2 Å². The summed E-state index contributed by atoms with van der Waals surface area (Å²) in [6.45, 7) is 11.9. The first-order valence-electron chi connectivity index (χ1n) is 28.0. The number of aliphatic carboxylic acids is 1. The third-order valence-corrected chi connectivity index (χ3v) is 24.8. The minimum atomic E-state index is -3.61. The number of nitrogens with zero attached hydrogens (tertiary/aromatic N) is 4. The molecule has 6 aliphatic rings. The van der Waals surface area contributed by atoms with E-state index in [1.165, 1.54) is 0 Å². The molecule has 6 unspecified atom stereocenters. The molecule has 3 aliphatic heterocycles. The number of hydrogen-bond donors (Lipinski definition) is 4. The van der Waals surface area contributed by atoms with E-state index in [2.05, 4.69) is 20.5 Å². The van der Waals surface area contributed by atoms with Crippen LogP contribution in [0.25, 0.3) is 0 Å². The molecule has 0 bridgehead atoms. The van der Waals surface area contributed by atoms with Gasteiger partial charge in [-0.25, -0.2) is 30.0 Å². The molecule has 5 N–H and O–H groups in total. The summed E-state index contributed by atoms with van der Waals surface area (Å²) in [6, 6.07) is 20.8. The molecule has 0 radical (unpaired) electrons. The van der Waals surface area contributed by atoms with Crippen LogP contribution in [0.1, 0.15) is 164 Å². The lowest BCUT2D eigenvalue weighted by Gasteiger charge is -2.39. The molecule has 10 rings (SSSR count). The number of nitrogens with two attached hydrogens (primary N) is 1. The highest BCUT2D eigenvalue weighted by atomic mass is 32.2. The number of carboxylic acid groups (broad SMARTS) is 1. The fourth-order valence-electron chi connectivity index (χ4n) is 10.9. The van der Waals surface area contributed by atoms with E-state index in [1.807, 2.05) is 52.8 Å². The lowest BCUT2D eigenvalue weighted by molar-refractivity contribution is -0.154. The van der Waals surface area contributed by atoms with Gasteiger partial charge in [0.1, 0.15) is 18.0 Å². The Labute approximate surface area is 476 Å². The molecular weight excluding hydrogens is 1100 g/mol. The number of ether oxygens (including phenoxy) is 3. The zero-order chi connectivity index (χ0) is 59.0. The largest absolute Gasteiger partial charge is 0.479 e. The number of ketones is 1. The number of sulfone groups is 3. The standard InChI is InChI=1S/C20H27NO5S.C19H24N2O4S.C15H20O5S.C4H8N2O/c1-3-20(27(24,25)16-6-4-5-14(2)11-16)9-10-26-19(13-20)18(22)12-17(21-23)15-7-8-15;1-3-19(26(22,23)15-6-4-5-13(2)11-15)9-10-24-16(12-19)18-20-17(21-25-18)14-7-8-14;1-3-15(7-8-20-13(10-15)14(16)17)21(18,19)12-6-4-5-11(2)9-12;5-4(6-7)3-1-2-3/h4-6,11,15,19,23H,3,7-10,12-13H2,1-2H3;4-6,11,14,16H,3,7-10,12H2,1-2H3;4-6,9,13H,3,7-8,10H2,1-2H3,(H,16,17);3,7H,1-2H2,(H2,5,6)/b21-17+;;;. The van der Waals surface area contributed by atoms with Crippen LogP contribution < -0.4 is 5.73 Å². The van der Waals surface area contributed by atoms with Crippen molar-refractivity contribution in [3.8, 4) is 0 Å². The van der Waals surface area contributed by atoms with Gasteiger partial charge in [-0.3, -0.25) is 4.79 Å². The fraction of sp³-hybridized carbons (Fsp3) is 0.586. The molecule has 3 aromatic carbocycles. The average Bonchev–Trinajstić information content (AvgIpc) is 4.42. The maximum Gasteiger partial charge on any atom is 0.332 e. The monoisotopic (exact) mass is 1180 g/mol. The number of rotatable bonds is 17. The van der Waals surface area contributed by atoms with Crippen molar-refractivity contribution in [3.63, 3.8) is 0 Å². The first-order valence-corrected chi connectivity index (χ1v) is 32.5. The molecule has 6 fully saturated rings. The lowest BCUT2D eigenvalue weighted by Crippen LogP contribution is -2.49. The maximum atomic E-state index is 13.5. The molecule has 1 aromatic heterocycles. The molecule has 0 spiro atoms. The van der Waals surface area contributed by atoms with E-state index in [-0.39, 0.29) is 49.1 Å². The average molecular weight is 1180 g/mol. The van der Waals surface area contributed by atoms with Gasteiger partial charge in [0.05, 0.1) is 41.1 Å². The molecular formula is C58H79N5O15S3. The molecule has 0 amide bonds. The van der Waals surface area contributed by atoms with Crippen LogP contribution in [0.4, 0.5) is 0 Å². The van der Waals surface area contributed by atoms with Crippen LogP contribution in [-0.2, 0) is 53.3 Å². The molecule has 23 heteroatoms. The lowest BCUT2D eigenvalue weighted by atomic mass is 9.89. The topological polar surface area (TPSA) is 315 Å². The van der Waals surface area contributed by atoms with Crippen molar-refractivity contribution in [1.29, 1.82) is 0 Å².